The molecule has 0 aliphatic rings. The normalized spacial score (nSPS) is 12.0. The van der Waals surface area contributed by atoms with E-state index < -0.39 is 8.80 Å². The van der Waals surface area contributed by atoms with Crippen molar-refractivity contribution < 1.29 is 13.3 Å². The number of unbranched alkanes of at least 4 members (excludes halogenated alkanes) is 4. The van der Waals surface area contributed by atoms with E-state index in [1.165, 1.54) is 19.3 Å². The van der Waals surface area contributed by atoms with E-state index in [4.69, 9.17) is 13.3 Å². The van der Waals surface area contributed by atoms with Gasteiger partial charge in [-0.2, -0.15) is 0 Å². The van der Waals surface area contributed by atoms with Gasteiger partial charge < -0.3 is 13.3 Å². The highest BCUT2D eigenvalue weighted by molar-refractivity contribution is 6.60. The van der Waals surface area contributed by atoms with E-state index in [2.05, 4.69) is 13.3 Å². The van der Waals surface area contributed by atoms with Crippen molar-refractivity contribution in [3.8, 4) is 0 Å². The average Bonchev–Trinajstić information content (AvgIpc) is 2.24. The van der Waals surface area contributed by atoms with Crippen LogP contribution in [0.15, 0.2) is 0 Å². The first kappa shape index (κ1) is 14.1. The molecule has 0 spiro atoms. The molecule has 1 radical (unpaired) electrons. The monoisotopic (exact) mass is 219 g/mol. The van der Waals surface area contributed by atoms with Crippen LogP contribution >= 0.6 is 0 Å². The Hall–Kier alpha value is 0.0969. The molecule has 0 aliphatic heterocycles. The predicted molar refractivity (Wildman–Crippen MR) is 60.0 cm³/mol. The molecule has 0 saturated carbocycles. The third-order valence-electron chi connectivity index (χ3n) is 2.35. The first-order chi connectivity index (χ1) is 6.74. The van der Waals surface area contributed by atoms with Crippen LogP contribution in [-0.4, -0.2) is 30.1 Å². The summed E-state index contributed by atoms with van der Waals surface area (Å²) in [6, 6.07) is 0.875. The number of rotatable bonds is 9. The van der Waals surface area contributed by atoms with Crippen molar-refractivity contribution in [3.05, 3.63) is 6.42 Å². The van der Waals surface area contributed by atoms with Crippen molar-refractivity contribution in [2.24, 2.45) is 0 Å². The quantitative estimate of drug-likeness (QED) is 0.441. The van der Waals surface area contributed by atoms with Crippen LogP contribution in [0.5, 0.6) is 0 Å². The minimum Gasteiger partial charge on any atom is -0.377 e. The Bertz CT molecular complexity index is 118. The maximum Gasteiger partial charge on any atom is 0.500 e. The lowest BCUT2D eigenvalue weighted by Crippen LogP contribution is -2.42. The molecule has 3 nitrogen and oxygen atoms in total. The summed E-state index contributed by atoms with van der Waals surface area (Å²) in [5.74, 6) is 0. The third kappa shape index (κ3) is 5.10. The van der Waals surface area contributed by atoms with Gasteiger partial charge in [0, 0.05) is 27.4 Å². The largest absolute Gasteiger partial charge is 0.500 e. The fourth-order valence-corrected chi connectivity index (χ4v) is 3.00. The van der Waals surface area contributed by atoms with Gasteiger partial charge in [-0.25, -0.2) is 0 Å². The SMILES string of the molecule is CCCC[CH]CC[Si](OC)(OC)OC. The fourth-order valence-electron chi connectivity index (χ4n) is 1.33. The van der Waals surface area contributed by atoms with Gasteiger partial charge in [-0.05, 0) is 12.8 Å². The Morgan fingerprint density at radius 2 is 1.57 bits per heavy atom. The third-order valence-corrected chi connectivity index (χ3v) is 5.12. The number of hydrogen-bond donors (Lipinski definition) is 0. The van der Waals surface area contributed by atoms with E-state index in [1.807, 2.05) is 0 Å². The fraction of sp³-hybridized carbons (Fsp3) is 0.900. The summed E-state index contributed by atoms with van der Waals surface area (Å²) in [4.78, 5) is 0. The van der Waals surface area contributed by atoms with Gasteiger partial charge in [0.1, 0.15) is 0 Å². The van der Waals surface area contributed by atoms with Crippen molar-refractivity contribution in [1.29, 1.82) is 0 Å². The van der Waals surface area contributed by atoms with Gasteiger partial charge in [-0.3, -0.25) is 0 Å². The number of hydrogen-bond acceptors (Lipinski definition) is 3. The van der Waals surface area contributed by atoms with Gasteiger partial charge in [0.05, 0.1) is 0 Å². The Kier molecular flexibility index (Phi) is 8.47. The summed E-state index contributed by atoms with van der Waals surface area (Å²) >= 11 is 0. The van der Waals surface area contributed by atoms with E-state index in [-0.39, 0.29) is 0 Å². The van der Waals surface area contributed by atoms with E-state index in [0.29, 0.717) is 0 Å². The van der Waals surface area contributed by atoms with Crippen LogP contribution in [0.2, 0.25) is 6.04 Å². The molecule has 0 atom stereocenters. The molecular weight excluding hydrogens is 196 g/mol. The molecular formula is C10H23O3Si. The highest BCUT2D eigenvalue weighted by Gasteiger charge is 2.36. The first-order valence-corrected chi connectivity index (χ1v) is 7.15. The average molecular weight is 219 g/mol. The molecule has 0 aliphatic carbocycles. The molecule has 14 heavy (non-hydrogen) atoms. The molecule has 0 heterocycles. The highest BCUT2D eigenvalue weighted by atomic mass is 28.4. The second kappa shape index (κ2) is 8.41. The van der Waals surface area contributed by atoms with Crippen LogP contribution in [0.4, 0.5) is 0 Å². The molecule has 4 heteroatoms. The van der Waals surface area contributed by atoms with Crippen LogP contribution in [0.1, 0.15) is 32.6 Å². The molecule has 0 aromatic carbocycles. The van der Waals surface area contributed by atoms with Crippen molar-refractivity contribution in [1.82, 2.24) is 0 Å². The maximum atomic E-state index is 5.32. The zero-order chi connectivity index (χ0) is 10.9. The summed E-state index contributed by atoms with van der Waals surface area (Å²) < 4.78 is 16.0. The van der Waals surface area contributed by atoms with Gasteiger partial charge in [0.15, 0.2) is 0 Å². The van der Waals surface area contributed by atoms with E-state index >= 15 is 0 Å². The Balaban J connectivity index is 3.61. The van der Waals surface area contributed by atoms with Crippen molar-refractivity contribution in [2.45, 2.75) is 38.7 Å². The Morgan fingerprint density at radius 3 is 2.00 bits per heavy atom. The van der Waals surface area contributed by atoms with Crippen LogP contribution < -0.4 is 0 Å². The lowest BCUT2D eigenvalue weighted by Gasteiger charge is -2.24. The van der Waals surface area contributed by atoms with Crippen molar-refractivity contribution in [3.63, 3.8) is 0 Å². The van der Waals surface area contributed by atoms with E-state index in [1.54, 1.807) is 21.3 Å². The lowest BCUT2D eigenvalue weighted by molar-refractivity contribution is 0.123. The van der Waals surface area contributed by atoms with Gasteiger partial charge in [0.25, 0.3) is 0 Å². The Labute approximate surface area is 89.1 Å². The second-order valence-corrected chi connectivity index (χ2v) is 6.36. The topological polar surface area (TPSA) is 27.7 Å². The van der Waals surface area contributed by atoms with E-state index in [9.17, 15) is 0 Å². The molecule has 0 saturated heterocycles. The summed E-state index contributed by atoms with van der Waals surface area (Å²) in [5, 5.41) is 0. The summed E-state index contributed by atoms with van der Waals surface area (Å²) in [7, 11) is 2.67. The zero-order valence-corrected chi connectivity index (χ0v) is 10.8. The Morgan fingerprint density at radius 1 is 1.00 bits per heavy atom. The molecule has 0 bridgehead atoms. The molecule has 0 rings (SSSR count). The van der Waals surface area contributed by atoms with E-state index in [0.717, 1.165) is 12.5 Å². The van der Waals surface area contributed by atoms with Crippen molar-refractivity contribution >= 4 is 8.80 Å². The molecule has 0 amide bonds. The van der Waals surface area contributed by atoms with Gasteiger partial charge in [-0.15, -0.1) is 0 Å². The molecule has 0 aromatic heterocycles. The predicted octanol–water partition coefficient (Wildman–Crippen LogP) is 2.65. The van der Waals surface area contributed by atoms with Crippen LogP contribution in [0.3, 0.4) is 0 Å². The second-order valence-electron chi connectivity index (χ2n) is 3.26. The molecule has 85 valence electrons. The van der Waals surface area contributed by atoms with Crippen LogP contribution in [0.25, 0.3) is 0 Å². The first-order valence-electron chi connectivity index (χ1n) is 5.21. The van der Waals surface area contributed by atoms with Gasteiger partial charge in [0.2, 0.25) is 0 Å². The molecule has 0 N–H and O–H groups in total. The summed E-state index contributed by atoms with van der Waals surface area (Å²) in [5.41, 5.74) is 0. The van der Waals surface area contributed by atoms with Crippen LogP contribution in [0, 0.1) is 6.42 Å². The van der Waals surface area contributed by atoms with Crippen molar-refractivity contribution in [2.75, 3.05) is 21.3 Å². The smallest absolute Gasteiger partial charge is 0.377 e. The molecule has 0 fully saturated rings. The zero-order valence-electron chi connectivity index (χ0n) is 9.84. The van der Waals surface area contributed by atoms with Gasteiger partial charge >= 0.3 is 8.80 Å². The maximum absolute atomic E-state index is 5.32. The van der Waals surface area contributed by atoms with Crippen LogP contribution in [-0.2, 0) is 13.3 Å². The molecule has 0 unspecified atom stereocenters. The lowest BCUT2D eigenvalue weighted by atomic mass is 10.2. The standard InChI is InChI=1S/C10H23O3Si/c1-5-6-7-8-9-10-14(11-2,12-3)13-4/h8H,5-7,9-10H2,1-4H3. The van der Waals surface area contributed by atoms with Gasteiger partial charge in [-0.1, -0.05) is 26.2 Å². The summed E-state index contributed by atoms with van der Waals surface area (Å²) in [6.07, 6.45) is 7.00. The minimum absolute atomic E-state index is 0.875. The highest BCUT2D eigenvalue weighted by Crippen LogP contribution is 2.17. The molecule has 0 aromatic rings. The summed E-state index contributed by atoms with van der Waals surface area (Å²) in [6.45, 7) is 2.20. The minimum atomic E-state index is -2.31.